The van der Waals surface area contributed by atoms with Crippen LogP contribution < -0.4 is 15.9 Å². The largest absolute Gasteiger partial charge is 0.494 e. The molecule has 0 heterocycles. The molecule has 0 spiro atoms. The van der Waals surface area contributed by atoms with E-state index in [1.54, 1.807) is 6.07 Å². The molecule has 1 rings (SSSR count). The van der Waals surface area contributed by atoms with Gasteiger partial charge >= 0.3 is 0 Å². The van der Waals surface area contributed by atoms with Crippen molar-refractivity contribution in [2.24, 2.45) is 5.73 Å². The van der Waals surface area contributed by atoms with Crippen LogP contribution in [0.4, 0.5) is 0 Å². The molecule has 1 aromatic carbocycles. The van der Waals surface area contributed by atoms with Crippen molar-refractivity contribution in [2.75, 3.05) is 19.8 Å². The normalized spacial score (nSPS) is 12.4. The zero-order valence-corrected chi connectivity index (χ0v) is 9.65. The average molecular weight is 219 g/mol. The van der Waals surface area contributed by atoms with Crippen molar-refractivity contribution in [3.63, 3.8) is 0 Å². The van der Waals surface area contributed by atoms with Gasteiger partial charge in [0.15, 0.2) is 0 Å². The first-order chi connectivity index (χ1) is 7.69. The molecule has 2 radical (unpaired) electrons. The van der Waals surface area contributed by atoms with Gasteiger partial charge in [0, 0.05) is 13.0 Å². The predicted octanol–water partition coefficient (Wildman–Crippen LogP) is 0.304. The van der Waals surface area contributed by atoms with Crippen LogP contribution in [0.25, 0.3) is 0 Å². The standard InChI is InChI=1S/C12H18BNO2/c1-9(8-14)11-4-3-10(7-12(11)13)16-6-2-5-15/h3-4,7,9,15H,2,5-6,8,14H2,1H3. The molecule has 3 N–H and O–H groups in total. The van der Waals surface area contributed by atoms with Gasteiger partial charge in [-0.05, 0) is 24.6 Å². The van der Waals surface area contributed by atoms with E-state index in [1.165, 1.54) is 0 Å². The average Bonchev–Trinajstić information content (AvgIpc) is 2.29. The summed E-state index contributed by atoms with van der Waals surface area (Å²) in [5.74, 6) is 0.991. The van der Waals surface area contributed by atoms with Crippen LogP contribution in [-0.4, -0.2) is 32.7 Å². The van der Waals surface area contributed by atoms with Crippen LogP contribution in [0, 0.1) is 0 Å². The number of benzene rings is 1. The number of nitrogens with two attached hydrogens (primary N) is 1. The maximum atomic E-state index is 8.63. The fraction of sp³-hybridized carbons (Fsp3) is 0.500. The molecule has 0 aliphatic heterocycles. The summed E-state index contributed by atoms with van der Waals surface area (Å²) in [5, 5.41) is 8.63. The van der Waals surface area contributed by atoms with E-state index < -0.39 is 0 Å². The molecule has 1 aromatic rings. The summed E-state index contributed by atoms with van der Waals surface area (Å²) in [6.07, 6.45) is 0.626. The molecule has 0 saturated heterocycles. The lowest BCUT2D eigenvalue weighted by Gasteiger charge is -2.14. The number of hydrogen-bond donors (Lipinski definition) is 2. The molecular weight excluding hydrogens is 201 g/mol. The van der Waals surface area contributed by atoms with E-state index in [4.69, 9.17) is 23.4 Å². The zero-order valence-electron chi connectivity index (χ0n) is 9.65. The van der Waals surface area contributed by atoms with Crippen molar-refractivity contribution < 1.29 is 9.84 Å². The van der Waals surface area contributed by atoms with Crippen LogP contribution in [0.15, 0.2) is 18.2 Å². The van der Waals surface area contributed by atoms with Gasteiger partial charge in [0.2, 0.25) is 0 Å². The van der Waals surface area contributed by atoms with Crippen molar-refractivity contribution in [1.29, 1.82) is 0 Å². The van der Waals surface area contributed by atoms with Crippen LogP contribution in [-0.2, 0) is 0 Å². The Morgan fingerprint density at radius 2 is 2.25 bits per heavy atom. The Bertz CT molecular complexity index is 331. The van der Waals surface area contributed by atoms with E-state index in [1.807, 2.05) is 19.1 Å². The quantitative estimate of drug-likeness (QED) is 0.534. The van der Waals surface area contributed by atoms with E-state index in [9.17, 15) is 0 Å². The van der Waals surface area contributed by atoms with Crippen LogP contribution in [0.2, 0.25) is 0 Å². The maximum absolute atomic E-state index is 8.63. The summed E-state index contributed by atoms with van der Waals surface area (Å²) in [6.45, 7) is 3.26. The third kappa shape index (κ3) is 3.54. The Labute approximate surface area is 98.0 Å². The minimum atomic E-state index is 0.137. The highest BCUT2D eigenvalue weighted by Crippen LogP contribution is 2.16. The second-order valence-corrected chi connectivity index (χ2v) is 3.85. The van der Waals surface area contributed by atoms with Gasteiger partial charge in [-0.1, -0.05) is 24.0 Å². The topological polar surface area (TPSA) is 55.5 Å². The van der Waals surface area contributed by atoms with Crippen LogP contribution in [0.3, 0.4) is 0 Å². The van der Waals surface area contributed by atoms with Gasteiger partial charge < -0.3 is 15.6 Å². The number of aliphatic hydroxyl groups excluding tert-OH is 1. The molecular formula is C12H18BNO2. The Kier molecular flexibility index (Phi) is 5.36. The molecule has 0 fully saturated rings. The third-order valence-electron chi connectivity index (χ3n) is 2.51. The summed E-state index contributed by atoms with van der Waals surface area (Å²) in [5.41, 5.74) is 7.36. The van der Waals surface area contributed by atoms with Gasteiger partial charge in [-0.3, -0.25) is 0 Å². The molecule has 3 nitrogen and oxygen atoms in total. The highest BCUT2D eigenvalue weighted by molar-refractivity contribution is 6.33. The van der Waals surface area contributed by atoms with Crippen LogP contribution in [0.1, 0.15) is 24.8 Å². The Morgan fingerprint density at radius 1 is 1.50 bits per heavy atom. The summed E-state index contributed by atoms with van der Waals surface area (Å²) in [6, 6.07) is 5.63. The second-order valence-electron chi connectivity index (χ2n) is 3.85. The van der Waals surface area contributed by atoms with Gasteiger partial charge in [0.25, 0.3) is 0 Å². The highest BCUT2D eigenvalue weighted by Gasteiger charge is 2.06. The molecule has 0 aliphatic carbocycles. The number of ether oxygens (including phenoxy) is 1. The minimum Gasteiger partial charge on any atom is -0.494 e. The Morgan fingerprint density at radius 3 is 2.81 bits per heavy atom. The zero-order chi connectivity index (χ0) is 12.0. The van der Waals surface area contributed by atoms with E-state index in [0.717, 1.165) is 11.3 Å². The molecule has 1 unspecified atom stereocenters. The lowest BCUT2D eigenvalue weighted by Crippen LogP contribution is -2.18. The Balaban J connectivity index is 2.67. The molecule has 0 aromatic heterocycles. The monoisotopic (exact) mass is 219 g/mol. The summed E-state index contributed by atoms with van der Waals surface area (Å²) >= 11 is 0. The van der Waals surface area contributed by atoms with Gasteiger partial charge in [0.05, 0.1) is 6.61 Å². The van der Waals surface area contributed by atoms with Gasteiger partial charge in [-0.15, -0.1) is 0 Å². The first kappa shape index (κ1) is 13.1. The second kappa shape index (κ2) is 6.56. The maximum Gasteiger partial charge on any atom is 0.118 e. The third-order valence-corrected chi connectivity index (χ3v) is 2.51. The fourth-order valence-electron chi connectivity index (χ4n) is 1.47. The van der Waals surface area contributed by atoms with E-state index in [0.29, 0.717) is 25.0 Å². The SMILES string of the molecule is [B]c1cc(OCCCO)ccc1C(C)CN. The minimum absolute atomic E-state index is 0.137. The first-order valence-electron chi connectivity index (χ1n) is 5.52. The van der Waals surface area contributed by atoms with Gasteiger partial charge in [-0.25, -0.2) is 0 Å². The molecule has 16 heavy (non-hydrogen) atoms. The summed E-state index contributed by atoms with van der Waals surface area (Å²) in [7, 11) is 5.92. The van der Waals surface area contributed by atoms with E-state index >= 15 is 0 Å². The van der Waals surface area contributed by atoms with Crippen molar-refractivity contribution in [3.05, 3.63) is 23.8 Å². The predicted molar refractivity (Wildman–Crippen MR) is 66.5 cm³/mol. The smallest absolute Gasteiger partial charge is 0.118 e. The lowest BCUT2D eigenvalue weighted by molar-refractivity contribution is 0.233. The van der Waals surface area contributed by atoms with Gasteiger partial charge in [0.1, 0.15) is 13.6 Å². The summed E-state index contributed by atoms with van der Waals surface area (Å²) in [4.78, 5) is 0. The molecule has 0 saturated carbocycles. The molecule has 0 aliphatic rings. The number of rotatable bonds is 6. The molecule has 1 atom stereocenters. The lowest BCUT2D eigenvalue weighted by atomic mass is 9.85. The van der Waals surface area contributed by atoms with E-state index in [2.05, 4.69) is 0 Å². The van der Waals surface area contributed by atoms with E-state index in [-0.39, 0.29) is 12.5 Å². The van der Waals surface area contributed by atoms with Crippen LogP contribution in [0.5, 0.6) is 5.75 Å². The van der Waals surface area contributed by atoms with Crippen molar-refractivity contribution >= 4 is 13.3 Å². The van der Waals surface area contributed by atoms with Crippen molar-refractivity contribution in [3.8, 4) is 5.75 Å². The molecule has 0 bridgehead atoms. The number of aliphatic hydroxyl groups is 1. The first-order valence-corrected chi connectivity index (χ1v) is 5.52. The molecule has 4 heteroatoms. The van der Waals surface area contributed by atoms with Crippen molar-refractivity contribution in [2.45, 2.75) is 19.3 Å². The molecule has 86 valence electrons. The Hall–Kier alpha value is -0.995. The summed E-state index contributed by atoms with van der Waals surface area (Å²) < 4.78 is 5.42. The number of hydrogen-bond acceptors (Lipinski definition) is 3. The molecule has 0 amide bonds. The van der Waals surface area contributed by atoms with Crippen molar-refractivity contribution in [1.82, 2.24) is 0 Å². The highest BCUT2D eigenvalue weighted by atomic mass is 16.5. The van der Waals surface area contributed by atoms with Crippen LogP contribution >= 0.6 is 0 Å². The fourth-order valence-corrected chi connectivity index (χ4v) is 1.47. The van der Waals surface area contributed by atoms with Gasteiger partial charge in [-0.2, -0.15) is 0 Å².